The first-order valence-electron chi connectivity index (χ1n) is 12.6. The van der Waals surface area contributed by atoms with Crippen LogP contribution in [0.5, 0.6) is 28.7 Å². The molecule has 15 heteroatoms. The van der Waals surface area contributed by atoms with Gasteiger partial charge in [-0.3, -0.25) is 0 Å². The Morgan fingerprint density at radius 2 is 1.56 bits per heavy atom. The van der Waals surface area contributed by atoms with E-state index in [-0.39, 0.29) is 28.4 Å². The lowest BCUT2D eigenvalue weighted by Crippen LogP contribution is -2.60. The quantitative estimate of drug-likeness (QED) is 0.162. The number of hydrogen-bond acceptors (Lipinski definition) is 15. The molecule has 10 N–H and O–H groups in total. The summed E-state index contributed by atoms with van der Waals surface area (Å²) in [5.74, 6) is -5.93. The van der Waals surface area contributed by atoms with Crippen molar-refractivity contribution in [2.24, 2.45) is 0 Å². The summed E-state index contributed by atoms with van der Waals surface area (Å²) in [6.07, 6.45) is -6.24. The van der Waals surface area contributed by atoms with Crippen LogP contribution in [0.3, 0.4) is 0 Å². The van der Waals surface area contributed by atoms with Crippen molar-refractivity contribution in [1.82, 2.24) is 0 Å². The van der Waals surface area contributed by atoms with Crippen molar-refractivity contribution in [2.75, 3.05) is 6.61 Å². The second-order valence-corrected chi connectivity index (χ2v) is 9.71. The number of esters is 1. The molecular weight excluding hydrogens is 576 g/mol. The molecule has 2 aromatic carbocycles. The van der Waals surface area contributed by atoms with Crippen LogP contribution in [0.2, 0.25) is 0 Å². The fourth-order valence-corrected chi connectivity index (χ4v) is 4.59. The second-order valence-electron chi connectivity index (χ2n) is 9.71. The van der Waals surface area contributed by atoms with Crippen molar-refractivity contribution < 1.29 is 74.8 Å². The average molecular weight is 603 g/mol. The summed E-state index contributed by atoms with van der Waals surface area (Å²) in [5, 5.41) is 100. The number of ether oxygens (including phenoxy) is 4. The predicted molar refractivity (Wildman–Crippen MR) is 141 cm³/mol. The third-order valence-corrected chi connectivity index (χ3v) is 6.82. The highest BCUT2D eigenvalue weighted by atomic mass is 16.7. The summed E-state index contributed by atoms with van der Waals surface area (Å²) in [7, 11) is 0. The normalized spacial score (nSPS) is 26.8. The Hall–Kier alpha value is -5.09. The van der Waals surface area contributed by atoms with Crippen LogP contribution in [-0.4, -0.2) is 100 Å². The fourth-order valence-electron chi connectivity index (χ4n) is 4.59. The summed E-state index contributed by atoms with van der Waals surface area (Å²) in [4.78, 5) is 12.9. The van der Waals surface area contributed by atoms with E-state index >= 15 is 0 Å². The molecule has 3 aliphatic rings. The topological polar surface area (TPSA) is 256 Å². The van der Waals surface area contributed by atoms with Crippen LogP contribution in [-0.2, 0) is 18.9 Å². The number of fused-ring (bicyclic) bond motifs is 1. The van der Waals surface area contributed by atoms with E-state index in [1.165, 1.54) is 18.2 Å². The van der Waals surface area contributed by atoms with Crippen LogP contribution >= 0.6 is 0 Å². The molecule has 2 heterocycles. The second kappa shape index (κ2) is 11.3. The lowest BCUT2D eigenvalue weighted by Gasteiger charge is -2.42. The number of phenols is 5. The van der Waals surface area contributed by atoms with E-state index in [1.54, 1.807) is 0 Å². The molecule has 0 aromatic heterocycles. The molecule has 43 heavy (non-hydrogen) atoms. The van der Waals surface area contributed by atoms with Gasteiger partial charge in [0.2, 0.25) is 6.29 Å². The van der Waals surface area contributed by atoms with Crippen LogP contribution < -0.4 is 0 Å². The summed E-state index contributed by atoms with van der Waals surface area (Å²) in [5.41, 5.74) is -0.244. The number of rotatable bonds is 6. The Morgan fingerprint density at radius 3 is 2.21 bits per heavy atom. The predicted octanol–water partition coefficient (Wildman–Crippen LogP) is 0.787. The maximum absolute atomic E-state index is 12.9. The van der Waals surface area contributed by atoms with Gasteiger partial charge in [-0.25, -0.2) is 4.79 Å². The minimum absolute atomic E-state index is 0.0956. The van der Waals surface area contributed by atoms with Gasteiger partial charge in [0, 0.05) is 23.3 Å². The number of benzene rings is 2. The molecule has 5 rings (SSSR count). The lowest BCUT2D eigenvalue weighted by atomic mass is 9.96. The van der Waals surface area contributed by atoms with Crippen molar-refractivity contribution in [3.63, 3.8) is 0 Å². The highest BCUT2D eigenvalue weighted by Gasteiger charge is 2.49. The average Bonchev–Trinajstić information content (AvgIpc) is 2.96. The Kier molecular flexibility index (Phi) is 7.72. The molecule has 0 amide bonds. The van der Waals surface area contributed by atoms with Gasteiger partial charge in [-0.1, -0.05) is 0 Å². The van der Waals surface area contributed by atoms with Crippen molar-refractivity contribution in [3.05, 3.63) is 82.5 Å². The number of carbonyl (C=O) groups excluding carboxylic acids is 1. The summed E-state index contributed by atoms with van der Waals surface area (Å²) in [6.45, 7) is -0.802. The molecule has 1 saturated heterocycles. The Labute approximate surface area is 241 Å². The van der Waals surface area contributed by atoms with E-state index in [9.17, 15) is 55.9 Å². The molecule has 2 aromatic rings. The van der Waals surface area contributed by atoms with Gasteiger partial charge in [-0.05, 0) is 36.4 Å². The highest BCUT2D eigenvalue weighted by Crippen LogP contribution is 2.40. The highest BCUT2D eigenvalue weighted by molar-refractivity contribution is 5.91. The molecular formula is C28H26O15. The van der Waals surface area contributed by atoms with Gasteiger partial charge in [0.15, 0.2) is 46.4 Å². The summed E-state index contributed by atoms with van der Waals surface area (Å²) >= 11 is 0. The first-order valence-corrected chi connectivity index (χ1v) is 12.6. The van der Waals surface area contributed by atoms with Gasteiger partial charge in [0.05, 0.1) is 12.2 Å². The van der Waals surface area contributed by atoms with E-state index < -0.39 is 89.5 Å². The van der Waals surface area contributed by atoms with Crippen LogP contribution in [0.4, 0.5) is 0 Å². The zero-order valence-corrected chi connectivity index (χ0v) is 21.8. The van der Waals surface area contributed by atoms with Gasteiger partial charge < -0.3 is 70.0 Å². The molecule has 0 bridgehead atoms. The van der Waals surface area contributed by atoms with Crippen molar-refractivity contribution in [2.45, 2.75) is 36.8 Å². The van der Waals surface area contributed by atoms with Crippen LogP contribution in [0.1, 0.15) is 15.9 Å². The van der Waals surface area contributed by atoms with Gasteiger partial charge in [-0.15, -0.1) is 0 Å². The maximum Gasteiger partial charge on any atom is 0.339 e. The van der Waals surface area contributed by atoms with Crippen LogP contribution in [0.15, 0.2) is 71.4 Å². The van der Waals surface area contributed by atoms with E-state index in [1.807, 2.05) is 0 Å². The van der Waals surface area contributed by atoms with Crippen molar-refractivity contribution in [1.29, 1.82) is 0 Å². The summed E-state index contributed by atoms with van der Waals surface area (Å²) in [6, 6.07) is 5.15. The zero-order valence-electron chi connectivity index (χ0n) is 21.8. The van der Waals surface area contributed by atoms with E-state index in [4.69, 9.17) is 18.9 Å². The van der Waals surface area contributed by atoms with E-state index in [0.717, 1.165) is 30.3 Å². The van der Waals surface area contributed by atoms with Gasteiger partial charge >= 0.3 is 5.97 Å². The standard InChI is InChI=1S/C28H26O15/c29-9-21-23(37)24(38)26(43-27(39)11-4-17(34)22(36)18(35)5-11)28(42-21)41-20-8-13-15(32)6-12(30)7-19(13)40-25(20)10-1-2-14(31)16(33)3-10/h1-8,19,21,23-24,26,28-38H,9H2/t19?,21?,23-,24?,26?,28-/m1/s1. The van der Waals surface area contributed by atoms with Crippen molar-refractivity contribution in [3.8, 4) is 28.7 Å². The van der Waals surface area contributed by atoms with Crippen molar-refractivity contribution >= 4 is 11.7 Å². The number of allylic oxidation sites excluding steroid dienone is 2. The molecule has 228 valence electrons. The summed E-state index contributed by atoms with van der Waals surface area (Å²) < 4.78 is 22.8. The van der Waals surface area contributed by atoms with E-state index in [0.29, 0.717) is 0 Å². The third-order valence-electron chi connectivity index (χ3n) is 6.82. The first-order chi connectivity index (χ1) is 20.4. The minimum atomic E-state index is -1.92. The maximum atomic E-state index is 12.9. The van der Waals surface area contributed by atoms with Gasteiger partial charge in [0.25, 0.3) is 0 Å². The Balaban J connectivity index is 1.55. The monoisotopic (exact) mass is 602 g/mol. The number of hydrogen-bond donors (Lipinski definition) is 10. The number of phenolic OH excluding ortho intramolecular Hbond substituents is 5. The molecule has 0 saturated carbocycles. The smallest absolute Gasteiger partial charge is 0.339 e. The molecule has 15 nitrogen and oxygen atoms in total. The largest absolute Gasteiger partial charge is 0.508 e. The lowest BCUT2D eigenvalue weighted by molar-refractivity contribution is -0.289. The number of aromatic hydroxyl groups is 5. The number of aliphatic hydroxyl groups excluding tert-OH is 5. The molecule has 0 radical (unpaired) electrons. The first kappa shape index (κ1) is 29.4. The van der Waals surface area contributed by atoms with E-state index in [2.05, 4.69) is 0 Å². The molecule has 1 aliphatic carbocycles. The number of carbonyl (C=O) groups is 1. The SMILES string of the molecule is O=C(OC1C(O)[C@H](O)C(CO)O[C@H]1OC1=C(c2ccc(O)c(O)c2)OC2C=C(O)C=C(O)C2=C1)c1cc(O)c(O)c(O)c1. The Morgan fingerprint density at radius 1 is 0.860 bits per heavy atom. The number of aliphatic hydroxyl groups is 5. The van der Waals surface area contributed by atoms with Crippen LogP contribution in [0, 0.1) is 0 Å². The van der Waals surface area contributed by atoms with Gasteiger partial charge in [-0.2, -0.15) is 0 Å². The molecule has 1 fully saturated rings. The molecule has 0 spiro atoms. The zero-order chi connectivity index (χ0) is 31.2. The molecule has 4 unspecified atom stereocenters. The van der Waals surface area contributed by atoms with Crippen LogP contribution in [0.25, 0.3) is 5.76 Å². The third kappa shape index (κ3) is 5.56. The minimum Gasteiger partial charge on any atom is -0.508 e. The van der Waals surface area contributed by atoms with Gasteiger partial charge in [0.1, 0.15) is 35.9 Å². The fraction of sp³-hybridized carbons (Fsp3) is 0.250. The molecule has 2 aliphatic heterocycles. The molecule has 6 atom stereocenters. The Bertz CT molecular complexity index is 1550.